The van der Waals surface area contributed by atoms with Gasteiger partial charge in [0.2, 0.25) is 0 Å². The molecule has 14 heteroatoms. The van der Waals surface area contributed by atoms with Gasteiger partial charge < -0.3 is 15.0 Å². The van der Waals surface area contributed by atoms with Crippen LogP contribution in [-0.2, 0) is 9.53 Å². The number of carbonyl (C=O) groups is 3. The number of hydrogen-bond donors (Lipinski definition) is 3. The number of pyridine rings is 1. The lowest BCUT2D eigenvalue weighted by Gasteiger charge is -2.24. The Morgan fingerprint density at radius 3 is 2.75 bits per heavy atom. The fourth-order valence-corrected chi connectivity index (χ4v) is 3.81. The van der Waals surface area contributed by atoms with E-state index in [4.69, 9.17) is 4.74 Å². The van der Waals surface area contributed by atoms with Crippen LogP contribution in [0, 0.1) is 5.82 Å². The molecule has 11 nitrogen and oxygen atoms in total. The third-order valence-corrected chi connectivity index (χ3v) is 5.58. The van der Waals surface area contributed by atoms with Crippen molar-refractivity contribution in [2.75, 3.05) is 54.4 Å². The van der Waals surface area contributed by atoms with Crippen molar-refractivity contribution < 1.29 is 32.3 Å². The van der Waals surface area contributed by atoms with E-state index >= 15 is 4.39 Å². The molecule has 1 atom stereocenters. The van der Waals surface area contributed by atoms with Crippen LogP contribution in [0.1, 0.15) is 0 Å². The Hall–Kier alpha value is -4.07. The summed E-state index contributed by atoms with van der Waals surface area (Å²) >= 11 is 0. The summed E-state index contributed by atoms with van der Waals surface area (Å²) in [7, 11) is 0. The first kappa shape index (κ1) is 25.0. The maximum atomic E-state index is 15.0. The van der Waals surface area contributed by atoms with Crippen molar-refractivity contribution in [1.82, 2.24) is 20.7 Å². The molecule has 0 spiro atoms. The number of amides is 4. The van der Waals surface area contributed by atoms with Crippen LogP contribution in [0.3, 0.4) is 0 Å². The highest BCUT2D eigenvalue weighted by molar-refractivity contribution is 5.90. The van der Waals surface area contributed by atoms with E-state index in [1.807, 2.05) is 5.32 Å². The van der Waals surface area contributed by atoms with Gasteiger partial charge in [-0.1, -0.05) is 6.07 Å². The van der Waals surface area contributed by atoms with Gasteiger partial charge in [0.25, 0.3) is 5.91 Å². The van der Waals surface area contributed by atoms with Crippen LogP contribution in [0.2, 0.25) is 0 Å². The number of hydrogen-bond acceptors (Lipinski definition) is 7. The van der Waals surface area contributed by atoms with Gasteiger partial charge >= 0.3 is 18.5 Å². The molecule has 4 rings (SSSR count). The van der Waals surface area contributed by atoms with Crippen LogP contribution in [0.15, 0.2) is 42.6 Å². The summed E-state index contributed by atoms with van der Waals surface area (Å²) in [5, 5.41) is 6.08. The van der Waals surface area contributed by atoms with Gasteiger partial charge in [-0.3, -0.25) is 20.0 Å². The molecular weight excluding hydrogens is 483 g/mol. The summed E-state index contributed by atoms with van der Waals surface area (Å²) in [4.78, 5) is 42.7. The van der Waals surface area contributed by atoms with Crippen molar-refractivity contribution in [2.24, 2.45) is 0 Å². The summed E-state index contributed by atoms with van der Waals surface area (Å²) < 4.78 is 44.8. The Kier molecular flexibility index (Phi) is 7.73. The summed E-state index contributed by atoms with van der Waals surface area (Å²) in [6.45, 7) is 1.09. The normalized spacial score (nSPS) is 18.2. The fraction of sp³-hybridized carbons (Fsp3) is 0.364. The second-order valence-corrected chi connectivity index (χ2v) is 7.99. The minimum atomic E-state index is -3.17. The van der Waals surface area contributed by atoms with Crippen LogP contribution >= 0.6 is 0 Å². The van der Waals surface area contributed by atoms with E-state index in [1.54, 1.807) is 35.4 Å². The van der Waals surface area contributed by atoms with Gasteiger partial charge in [-0.25, -0.2) is 24.4 Å². The molecule has 1 aromatic heterocycles. The molecule has 192 valence electrons. The number of aromatic nitrogens is 1. The fourth-order valence-electron chi connectivity index (χ4n) is 3.81. The quantitative estimate of drug-likeness (QED) is 0.546. The van der Waals surface area contributed by atoms with Crippen molar-refractivity contribution in [3.8, 4) is 0 Å². The molecule has 2 saturated heterocycles. The number of ether oxygens (including phenoxy) is 1. The number of halogens is 3. The number of alkyl halides is 2. The van der Waals surface area contributed by atoms with Gasteiger partial charge in [0.05, 0.1) is 31.0 Å². The molecule has 0 bridgehead atoms. The highest BCUT2D eigenvalue weighted by atomic mass is 19.3. The molecule has 0 unspecified atom stereocenters. The number of nitrogens with one attached hydrogen (secondary N) is 3. The second kappa shape index (κ2) is 11.1. The van der Waals surface area contributed by atoms with E-state index in [0.29, 0.717) is 31.1 Å². The average Bonchev–Trinajstić information content (AvgIpc) is 3.07. The lowest BCUT2D eigenvalue weighted by atomic mass is 10.2. The van der Waals surface area contributed by atoms with E-state index in [9.17, 15) is 23.2 Å². The van der Waals surface area contributed by atoms with E-state index in [2.05, 4.69) is 15.7 Å². The molecule has 0 saturated carbocycles. The molecule has 2 fully saturated rings. The maximum absolute atomic E-state index is 15.0. The average molecular weight is 507 g/mol. The summed E-state index contributed by atoms with van der Waals surface area (Å²) in [5.74, 6) is -1.63. The number of urea groups is 1. The Morgan fingerprint density at radius 2 is 2.03 bits per heavy atom. The number of benzene rings is 1. The predicted octanol–water partition coefficient (Wildman–Crippen LogP) is 1.79. The highest BCUT2D eigenvalue weighted by Gasteiger charge is 2.33. The minimum absolute atomic E-state index is 0.0326. The molecule has 2 aromatic rings. The van der Waals surface area contributed by atoms with Gasteiger partial charge in [0.1, 0.15) is 17.7 Å². The van der Waals surface area contributed by atoms with Crippen LogP contribution in [0.5, 0.6) is 0 Å². The van der Waals surface area contributed by atoms with Gasteiger partial charge in [-0.2, -0.15) is 8.78 Å². The molecule has 4 amide bonds. The molecule has 2 aliphatic rings. The largest absolute Gasteiger partial charge is 0.442 e. The van der Waals surface area contributed by atoms with Gasteiger partial charge in [-0.15, -0.1) is 0 Å². The number of nitrogens with zero attached hydrogens (tertiary/aromatic N) is 4. The Bertz CT molecular complexity index is 1110. The van der Waals surface area contributed by atoms with E-state index in [-0.39, 0.29) is 25.3 Å². The minimum Gasteiger partial charge on any atom is -0.442 e. The van der Waals surface area contributed by atoms with Crippen molar-refractivity contribution >= 4 is 35.2 Å². The van der Waals surface area contributed by atoms with Crippen molar-refractivity contribution in [1.29, 1.82) is 0 Å². The lowest BCUT2D eigenvalue weighted by molar-refractivity contribution is -0.132. The zero-order valence-corrected chi connectivity index (χ0v) is 19.0. The lowest BCUT2D eigenvalue weighted by Crippen LogP contribution is -2.46. The Morgan fingerprint density at radius 1 is 1.19 bits per heavy atom. The van der Waals surface area contributed by atoms with Crippen molar-refractivity contribution in [2.45, 2.75) is 12.5 Å². The summed E-state index contributed by atoms with van der Waals surface area (Å²) in [6.07, 6.45) is -3.22. The topological polar surface area (TPSA) is 119 Å². The monoisotopic (exact) mass is 507 g/mol. The van der Waals surface area contributed by atoms with Gasteiger partial charge in [0.15, 0.2) is 0 Å². The number of anilines is 3. The maximum Gasteiger partial charge on any atom is 0.414 e. The smallest absolute Gasteiger partial charge is 0.414 e. The van der Waals surface area contributed by atoms with Crippen LogP contribution in [-0.4, -0.2) is 79.8 Å². The number of cyclic esters (lactones) is 1. The summed E-state index contributed by atoms with van der Waals surface area (Å²) in [5.41, 5.74) is 3.52. The molecule has 36 heavy (non-hydrogen) atoms. The van der Waals surface area contributed by atoms with Crippen LogP contribution in [0.25, 0.3) is 0 Å². The van der Waals surface area contributed by atoms with Gasteiger partial charge in [0, 0.05) is 25.8 Å². The standard InChI is InChI=1S/C22H24F3N7O4/c23-16-11-14(31-13-15(36-22(31)35)12-27-20(33)19(24)25)4-5-17(16)30-8-7-28-32(10-9-30)21(34)29-18-3-1-2-6-26-18/h1-6,11,15,19,28H,7-10,12-13H2,(H,27,33)(H,26,29,34)/t15-/m0/s1. The van der Waals surface area contributed by atoms with Gasteiger partial charge in [-0.05, 0) is 30.3 Å². The first-order chi connectivity index (χ1) is 17.3. The molecule has 3 heterocycles. The number of hydrazine groups is 1. The zero-order valence-electron chi connectivity index (χ0n) is 19.0. The molecular formula is C22H24F3N7O4. The Labute approximate surface area is 204 Å². The third kappa shape index (κ3) is 5.94. The van der Waals surface area contributed by atoms with Crippen molar-refractivity contribution in [3.63, 3.8) is 0 Å². The molecule has 3 N–H and O–H groups in total. The molecule has 0 radical (unpaired) electrons. The first-order valence-electron chi connectivity index (χ1n) is 11.1. The SMILES string of the molecule is O=C(NC[C@H]1CN(c2ccc(N3CCNN(C(=O)Nc4ccccn4)CC3)c(F)c2)C(=O)O1)C(F)F. The third-order valence-electron chi connectivity index (χ3n) is 5.58. The van der Waals surface area contributed by atoms with E-state index in [0.717, 1.165) is 0 Å². The van der Waals surface area contributed by atoms with Crippen LogP contribution in [0.4, 0.5) is 40.0 Å². The molecule has 1 aromatic carbocycles. The van der Waals surface area contributed by atoms with Crippen molar-refractivity contribution in [3.05, 3.63) is 48.4 Å². The highest BCUT2D eigenvalue weighted by Crippen LogP contribution is 2.28. The zero-order chi connectivity index (χ0) is 25.7. The first-order valence-corrected chi connectivity index (χ1v) is 11.1. The Balaban J connectivity index is 1.35. The summed E-state index contributed by atoms with van der Waals surface area (Å²) in [6, 6.07) is 9.01. The molecule has 0 aliphatic carbocycles. The molecule has 2 aliphatic heterocycles. The number of rotatable bonds is 6. The second-order valence-electron chi connectivity index (χ2n) is 7.99. The van der Waals surface area contributed by atoms with E-state index in [1.165, 1.54) is 22.0 Å². The van der Waals surface area contributed by atoms with E-state index < -0.39 is 36.4 Å². The predicted molar refractivity (Wildman–Crippen MR) is 123 cm³/mol. The van der Waals surface area contributed by atoms with Crippen LogP contribution < -0.4 is 25.9 Å². The number of carbonyl (C=O) groups excluding carboxylic acids is 3.